The Morgan fingerprint density at radius 2 is 2.00 bits per heavy atom. The largest absolute Gasteiger partial charge is 0.0628 e. The summed E-state index contributed by atoms with van der Waals surface area (Å²) in [7, 11) is 0. The van der Waals surface area contributed by atoms with E-state index in [4.69, 9.17) is 0 Å². The molecule has 0 aromatic carbocycles. The van der Waals surface area contributed by atoms with Gasteiger partial charge in [-0.1, -0.05) is 20.8 Å². The van der Waals surface area contributed by atoms with Crippen LogP contribution in [0.25, 0.3) is 0 Å². The molecule has 0 nitrogen and oxygen atoms in total. The van der Waals surface area contributed by atoms with Crippen molar-refractivity contribution in [3.8, 4) is 0 Å². The van der Waals surface area contributed by atoms with E-state index in [1.807, 2.05) is 0 Å². The Balaban J connectivity index is 2.95. The van der Waals surface area contributed by atoms with Gasteiger partial charge in [0.1, 0.15) is 0 Å². The van der Waals surface area contributed by atoms with Gasteiger partial charge >= 0.3 is 0 Å². The van der Waals surface area contributed by atoms with E-state index in [0.29, 0.717) is 0 Å². The summed E-state index contributed by atoms with van der Waals surface area (Å²) in [5, 5.41) is 0. The predicted octanol–water partition coefficient (Wildman–Crippen LogP) is 2.46. The van der Waals surface area contributed by atoms with Gasteiger partial charge in [-0.15, -0.1) is 0 Å². The quantitative estimate of drug-likeness (QED) is 0.497. The molecule has 0 aliphatic heterocycles. The fourth-order valence-electron chi connectivity index (χ4n) is 0.697. The van der Waals surface area contributed by atoms with Crippen molar-refractivity contribution < 1.29 is 0 Å². The molecule has 0 fully saturated rings. The first-order chi connectivity index (χ1) is 3.13. The Kier molecular flexibility index (Phi) is 3.06. The second kappa shape index (κ2) is 3.06. The molecule has 0 spiro atoms. The van der Waals surface area contributed by atoms with Gasteiger partial charge < -0.3 is 0 Å². The van der Waals surface area contributed by atoms with Crippen molar-refractivity contribution >= 4 is 0 Å². The van der Waals surface area contributed by atoms with Crippen molar-refractivity contribution in [1.82, 2.24) is 0 Å². The third-order valence-corrected chi connectivity index (χ3v) is 0.757. The molecule has 0 atom stereocenters. The van der Waals surface area contributed by atoms with Crippen LogP contribution in [0.1, 0.15) is 27.2 Å². The molecular formula is C7H14. The second-order valence-corrected chi connectivity index (χ2v) is 2.56. The summed E-state index contributed by atoms with van der Waals surface area (Å²) >= 11 is 0. The fraction of sp³-hybridized carbons (Fsp3) is 0.714. The van der Waals surface area contributed by atoms with Gasteiger partial charge in [-0.25, -0.2) is 0 Å². The minimum Gasteiger partial charge on any atom is -0.0628 e. The highest BCUT2D eigenvalue weighted by atomic mass is 14.0. The molecule has 0 aromatic heterocycles. The van der Waals surface area contributed by atoms with E-state index in [1.165, 1.54) is 12.3 Å². The maximum Gasteiger partial charge on any atom is -0.0269 e. The lowest BCUT2D eigenvalue weighted by Gasteiger charge is -2.04. The van der Waals surface area contributed by atoms with Gasteiger partial charge in [0, 0.05) is 0 Å². The lowest BCUT2D eigenvalue weighted by atomic mass is 10.0. The van der Waals surface area contributed by atoms with Crippen LogP contribution in [0.15, 0.2) is 0 Å². The molecule has 0 bridgehead atoms. The van der Waals surface area contributed by atoms with Gasteiger partial charge in [-0.3, -0.25) is 0 Å². The first kappa shape index (κ1) is 7.00. The minimum atomic E-state index is 0.775. The maximum atomic E-state index is 3.80. The molecule has 2 radical (unpaired) electrons. The third-order valence-electron chi connectivity index (χ3n) is 0.757. The molecule has 0 heterocycles. The molecule has 0 aliphatic rings. The molecule has 0 aliphatic carbocycles. The SMILES string of the molecule is [CH2][C](C)CC(C)C. The molecule has 0 unspecified atom stereocenters. The summed E-state index contributed by atoms with van der Waals surface area (Å²) < 4.78 is 0. The zero-order valence-electron chi connectivity index (χ0n) is 5.49. The first-order valence-corrected chi connectivity index (χ1v) is 2.77. The van der Waals surface area contributed by atoms with Gasteiger partial charge in [0.2, 0.25) is 0 Å². The highest BCUT2D eigenvalue weighted by Gasteiger charge is 1.96. The van der Waals surface area contributed by atoms with Crippen LogP contribution in [-0.2, 0) is 0 Å². The minimum absolute atomic E-state index is 0.775. The van der Waals surface area contributed by atoms with E-state index in [2.05, 4.69) is 27.7 Å². The molecule has 0 amide bonds. The van der Waals surface area contributed by atoms with Gasteiger partial charge in [0.05, 0.1) is 0 Å². The molecule has 0 heteroatoms. The van der Waals surface area contributed by atoms with Crippen LogP contribution in [0.5, 0.6) is 0 Å². The van der Waals surface area contributed by atoms with E-state index in [-0.39, 0.29) is 0 Å². The highest BCUT2D eigenvalue weighted by Crippen LogP contribution is 2.09. The van der Waals surface area contributed by atoms with Crippen molar-refractivity contribution in [1.29, 1.82) is 0 Å². The monoisotopic (exact) mass is 98.1 g/mol. The van der Waals surface area contributed by atoms with Crippen LogP contribution in [0, 0.1) is 18.8 Å². The Hall–Kier alpha value is 0. The summed E-state index contributed by atoms with van der Waals surface area (Å²) in [6.45, 7) is 10.3. The third kappa shape index (κ3) is 6.00. The summed E-state index contributed by atoms with van der Waals surface area (Å²) in [5.41, 5.74) is 0. The second-order valence-electron chi connectivity index (χ2n) is 2.56. The van der Waals surface area contributed by atoms with E-state index >= 15 is 0 Å². The van der Waals surface area contributed by atoms with Crippen molar-refractivity contribution in [2.45, 2.75) is 27.2 Å². The van der Waals surface area contributed by atoms with Crippen molar-refractivity contribution in [2.24, 2.45) is 5.92 Å². The lowest BCUT2D eigenvalue weighted by Crippen LogP contribution is -1.91. The van der Waals surface area contributed by atoms with Crippen LogP contribution >= 0.6 is 0 Å². The van der Waals surface area contributed by atoms with E-state index < -0.39 is 0 Å². The molecule has 0 rings (SSSR count). The highest BCUT2D eigenvalue weighted by molar-refractivity contribution is 4.87. The first-order valence-electron chi connectivity index (χ1n) is 2.77. The standard InChI is InChI=1S/C7H14/c1-6(2)5-7(3)4/h7H,1,5H2,2-4H3. The average molecular weight is 98.2 g/mol. The van der Waals surface area contributed by atoms with E-state index in [9.17, 15) is 0 Å². The number of hydrogen-bond donors (Lipinski definition) is 0. The molecule has 7 heavy (non-hydrogen) atoms. The summed E-state index contributed by atoms with van der Waals surface area (Å²) in [6.07, 6.45) is 1.17. The normalized spacial score (nSPS) is 11.1. The van der Waals surface area contributed by atoms with Crippen LogP contribution in [0.3, 0.4) is 0 Å². The fourth-order valence-corrected chi connectivity index (χ4v) is 0.697. The lowest BCUT2D eigenvalue weighted by molar-refractivity contribution is 0.613. The molecular weight excluding hydrogens is 84.1 g/mol. The maximum absolute atomic E-state index is 3.80. The van der Waals surface area contributed by atoms with Crippen molar-refractivity contribution in [3.05, 3.63) is 12.8 Å². The number of rotatable bonds is 2. The van der Waals surface area contributed by atoms with Gasteiger partial charge in [0.15, 0.2) is 0 Å². The molecule has 0 N–H and O–H groups in total. The van der Waals surface area contributed by atoms with Crippen LogP contribution in [-0.4, -0.2) is 0 Å². The summed E-state index contributed by atoms with van der Waals surface area (Å²) in [4.78, 5) is 0. The van der Waals surface area contributed by atoms with E-state index in [0.717, 1.165) is 5.92 Å². The Morgan fingerprint density at radius 3 is 2.00 bits per heavy atom. The average Bonchev–Trinajstić information content (AvgIpc) is 1.27. The Morgan fingerprint density at radius 1 is 1.57 bits per heavy atom. The molecule has 42 valence electrons. The molecule has 0 aromatic rings. The van der Waals surface area contributed by atoms with Gasteiger partial charge in [-0.2, -0.15) is 0 Å². The molecule has 0 saturated heterocycles. The van der Waals surface area contributed by atoms with Crippen LogP contribution in [0.4, 0.5) is 0 Å². The van der Waals surface area contributed by atoms with Crippen LogP contribution < -0.4 is 0 Å². The van der Waals surface area contributed by atoms with Gasteiger partial charge in [-0.05, 0) is 25.2 Å². The van der Waals surface area contributed by atoms with Gasteiger partial charge in [0.25, 0.3) is 0 Å². The predicted molar refractivity (Wildman–Crippen MR) is 33.7 cm³/mol. The summed E-state index contributed by atoms with van der Waals surface area (Å²) in [5.74, 6) is 2.06. The smallest absolute Gasteiger partial charge is 0.0269 e. The zero-order chi connectivity index (χ0) is 5.86. The molecule has 0 saturated carbocycles. The topological polar surface area (TPSA) is 0 Å². The summed E-state index contributed by atoms with van der Waals surface area (Å²) in [6, 6.07) is 0. The van der Waals surface area contributed by atoms with Crippen molar-refractivity contribution in [2.75, 3.05) is 0 Å². The Bertz CT molecular complexity index is 29.3. The number of hydrogen-bond acceptors (Lipinski definition) is 0. The zero-order valence-corrected chi connectivity index (χ0v) is 5.49. The van der Waals surface area contributed by atoms with E-state index in [1.54, 1.807) is 0 Å². The van der Waals surface area contributed by atoms with Crippen LogP contribution in [0.2, 0.25) is 0 Å². The Labute approximate surface area is 46.9 Å². The van der Waals surface area contributed by atoms with Crippen molar-refractivity contribution in [3.63, 3.8) is 0 Å².